The van der Waals surface area contributed by atoms with Crippen molar-refractivity contribution in [2.45, 2.75) is 38.8 Å². The molecule has 6 heteroatoms. The van der Waals surface area contributed by atoms with Crippen LogP contribution in [0.1, 0.15) is 35.7 Å². The Labute approximate surface area is 143 Å². The Morgan fingerprint density at radius 1 is 1.38 bits per heavy atom. The molecule has 2 atom stereocenters. The lowest BCUT2D eigenvalue weighted by molar-refractivity contribution is 0.0941. The predicted octanol–water partition coefficient (Wildman–Crippen LogP) is 1.74. The fourth-order valence-corrected chi connectivity index (χ4v) is 3.56. The molecule has 3 amide bonds. The Morgan fingerprint density at radius 3 is 2.75 bits per heavy atom. The molecule has 0 radical (unpaired) electrons. The van der Waals surface area contributed by atoms with E-state index in [2.05, 4.69) is 29.5 Å². The van der Waals surface area contributed by atoms with Crippen LogP contribution in [0.3, 0.4) is 0 Å². The third-order valence-corrected chi connectivity index (χ3v) is 5.29. The maximum absolute atomic E-state index is 12.4. The van der Waals surface area contributed by atoms with Gasteiger partial charge in [0.2, 0.25) is 0 Å². The van der Waals surface area contributed by atoms with Gasteiger partial charge < -0.3 is 10.6 Å². The lowest BCUT2D eigenvalue weighted by Crippen LogP contribution is -2.40. The van der Waals surface area contributed by atoms with Gasteiger partial charge in [0.05, 0.1) is 0 Å². The molecule has 6 nitrogen and oxygen atoms in total. The smallest absolute Gasteiger partial charge is 0.322 e. The number of likely N-dealkylation sites (N-methyl/N-ethyl adjacent to an activating group) is 1. The van der Waals surface area contributed by atoms with E-state index in [1.54, 1.807) is 11.0 Å². The summed E-state index contributed by atoms with van der Waals surface area (Å²) in [5.41, 5.74) is 2.45. The van der Waals surface area contributed by atoms with Crippen molar-refractivity contribution in [2.75, 3.05) is 31.6 Å². The molecule has 2 fully saturated rings. The van der Waals surface area contributed by atoms with Crippen LogP contribution in [-0.2, 0) is 0 Å². The van der Waals surface area contributed by atoms with Crippen molar-refractivity contribution in [3.05, 3.63) is 29.3 Å². The molecule has 0 aliphatic carbocycles. The molecule has 2 aliphatic heterocycles. The Morgan fingerprint density at radius 2 is 2.17 bits per heavy atom. The zero-order chi connectivity index (χ0) is 17.3. The van der Waals surface area contributed by atoms with Crippen molar-refractivity contribution in [3.8, 4) is 0 Å². The van der Waals surface area contributed by atoms with Crippen LogP contribution in [0, 0.1) is 6.92 Å². The molecule has 2 heterocycles. The highest BCUT2D eigenvalue weighted by atomic mass is 16.2. The number of nitrogens with one attached hydrogen (secondary N) is 2. The van der Waals surface area contributed by atoms with Gasteiger partial charge in [-0.15, -0.1) is 0 Å². The Bertz CT molecular complexity index is 646. The monoisotopic (exact) mass is 330 g/mol. The highest BCUT2D eigenvalue weighted by Gasteiger charge is 2.27. The molecular weight excluding hydrogens is 304 g/mol. The number of carbonyl (C=O) groups is 2. The normalized spacial score (nSPS) is 24.3. The van der Waals surface area contributed by atoms with Crippen molar-refractivity contribution in [2.24, 2.45) is 0 Å². The minimum absolute atomic E-state index is 0.0523. The SMILES string of the molecule is Cc1cc(C(=O)NC[C@H]2CC[C@@H](C)N2C)ccc1N1CCNC1=O. The topological polar surface area (TPSA) is 64.7 Å². The van der Waals surface area contributed by atoms with Gasteiger partial charge in [0.25, 0.3) is 5.91 Å². The summed E-state index contributed by atoms with van der Waals surface area (Å²) in [7, 11) is 2.12. The Hall–Kier alpha value is -2.08. The highest BCUT2D eigenvalue weighted by Crippen LogP contribution is 2.23. The van der Waals surface area contributed by atoms with Crippen LogP contribution in [0.15, 0.2) is 18.2 Å². The molecule has 2 aliphatic rings. The van der Waals surface area contributed by atoms with Crippen molar-refractivity contribution in [1.82, 2.24) is 15.5 Å². The quantitative estimate of drug-likeness (QED) is 0.884. The second kappa shape index (κ2) is 6.81. The molecule has 1 aromatic rings. The van der Waals surface area contributed by atoms with Crippen molar-refractivity contribution >= 4 is 17.6 Å². The number of aryl methyl sites for hydroxylation is 1. The van der Waals surface area contributed by atoms with Crippen LogP contribution >= 0.6 is 0 Å². The average Bonchev–Trinajstić information content (AvgIpc) is 3.12. The zero-order valence-corrected chi connectivity index (χ0v) is 14.6. The number of anilines is 1. The fraction of sp³-hybridized carbons (Fsp3) is 0.556. The summed E-state index contributed by atoms with van der Waals surface area (Å²) in [6, 6.07) is 6.44. The highest BCUT2D eigenvalue weighted by molar-refractivity contribution is 5.97. The van der Waals surface area contributed by atoms with Gasteiger partial charge in [-0.25, -0.2) is 4.79 Å². The summed E-state index contributed by atoms with van der Waals surface area (Å²) in [5.74, 6) is -0.0523. The molecule has 0 saturated carbocycles. The minimum atomic E-state index is -0.0753. The summed E-state index contributed by atoms with van der Waals surface area (Å²) < 4.78 is 0. The minimum Gasteiger partial charge on any atom is -0.350 e. The summed E-state index contributed by atoms with van der Waals surface area (Å²) in [4.78, 5) is 28.2. The number of amides is 3. The van der Waals surface area contributed by atoms with E-state index >= 15 is 0 Å². The largest absolute Gasteiger partial charge is 0.350 e. The molecule has 0 bridgehead atoms. The zero-order valence-electron chi connectivity index (χ0n) is 14.6. The number of likely N-dealkylation sites (tertiary alicyclic amines) is 1. The van der Waals surface area contributed by atoms with E-state index in [4.69, 9.17) is 0 Å². The Kier molecular flexibility index (Phi) is 4.76. The van der Waals surface area contributed by atoms with Gasteiger partial charge in [0.1, 0.15) is 0 Å². The van der Waals surface area contributed by atoms with E-state index < -0.39 is 0 Å². The van der Waals surface area contributed by atoms with E-state index in [0.29, 0.717) is 37.3 Å². The second-order valence-corrected chi connectivity index (χ2v) is 6.84. The van der Waals surface area contributed by atoms with Gasteiger partial charge in [-0.3, -0.25) is 14.6 Å². The van der Waals surface area contributed by atoms with E-state index in [-0.39, 0.29) is 11.9 Å². The predicted molar refractivity (Wildman–Crippen MR) is 94.5 cm³/mol. The molecule has 0 aromatic heterocycles. The van der Waals surface area contributed by atoms with E-state index in [0.717, 1.165) is 17.7 Å². The molecule has 0 spiro atoms. The van der Waals surface area contributed by atoms with E-state index in [1.807, 2.05) is 19.1 Å². The van der Waals surface area contributed by atoms with Crippen LogP contribution in [0.25, 0.3) is 0 Å². The van der Waals surface area contributed by atoms with Crippen LogP contribution in [0.2, 0.25) is 0 Å². The van der Waals surface area contributed by atoms with Gasteiger partial charge in [-0.2, -0.15) is 0 Å². The maximum atomic E-state index is 12.4. The van der Waals surface area contributed by atoms with Crippen molar-refractivity contribution in [3.63, 3.8) is 0 Å². The van der Waals surface area contributed by atoms with Gasteiger partial charge in [0, 0.05) is 43.0 Å². The lowest BCUT2D eigenvalue weighted by atomic mass is 10.1. The number of hydrogen-bond acceptors (Lipinski definition) is 3. The molecule has 1 aromatic carbocycles. The number of hydrogen-bond donors (Lipinski definition) is 2. The van der Waals surface area contributed by atoms with Crippen molar-refractivity contribution in [1.29, 1.82) is 0 Å². The second-order valence-electron chi connectivity index (χ2n) is 6.84. The number of nitrogens with zero attached hydrogens (tertiary/aromatic N) is 2. The van der Waals surface area contributed by atoms with Crippen LogP contribution in [-0.4, -0.2) is 55.6 Å². The Balaban J connectivity index is 1.63. The van der Waals surface area contributed by atoms with E-state index in [1.165, 1.54) is 6.42 Å². The molecule has 130 valence electrons. The summed E-state index contributed by atoms with van der Waals surface area (Å²) in [6.07, 6.45) is 2.31. The van der Waals surface area contributed by atoms with Gasteiger partial charge in [0.15, 0.2) is 0 Å². The molecule has 24 heavy (non-hydrogen) atoms. The van der Waals surface area contributed by atoms with Crippen molar-refractivity contribution < 1.29 is 9.59 Å². The van der Waals surface area contributed by atoms with Gasteiger partial charge >= 0.3 is 6.03 Å². The standard InChI is InChI=1S/C18H26N4O2/c1-12-10-14(5-7-16(12)22-9-8-19-18(22)24)17(23)20-11-15-6-4-13(2)21(15)3/h5,7,10,13,15H,4,6,8-9,11H2,1-3H3,(H,19,24)(H,20,23)/t13-,15-/m1/s1. The molecule has 0 unspecified atom stereocenters. The van der Waals surface area contributed by atoms with Crippen LogP contribution in [0.5, 0.6) is 0 Å². The first kappa shape index (κ1) is 16.8. The first-order valence-electron chi connectivity index (χ1n) is 8.63. The number of urea groups is 1. The number of carbonyl (C=O) groups excluding carboxylic acids is 2. The van der Waals surface area contributed by atoms with Crippen LogP contribution in [0.4, 0.5) is 10.5 Å². The third-order valence-electron chi connectivity index (χ3n) is 5.29. The van der Waals surface area contributed by atoms with Gasteiger partial charge in [-0.05, 0) is 57.5 Å². The fourth-order valence-electron chi connectivity index (χ4n) is 3.56. The molecule has 2 saturated heterocycles. The summed E-state index contributed by atoms with van der Waals surface area (Å²) >= 11 is 0. The average molecular weight is 330 g/mol. The van der Waals surface area contributed by atoms with Gasteiger partial charge in [-0.1, -0.05) is 0 Å². The maximum Gasteiger partial charge on any atom is 0.322 e. The summed E-state index contributed by atoms with van der Waals surface area (Å²) in [6.45, 7) is 6.16. The number of rotatable bonds is 4. The van der Waals surface area contributed by atoms with Crippen LogP contribution < -0.4 is 15.5 Å². The molecule has 2 N–H and O–H groups in total. The molecular formula is C18H26N4O2. The molecule has 3 rings (SSSR count). The third kappa shape index (κ3) is 3.24. The lowest BCUT2D eigenvalue weighted by Gasteiger charge is -2.23. The first-order chi connectivity index (χ1) is 11.5. The number of benzene rings is 1. The first-order valence-corrected chi connectivity index (χ1v) is 8.63. The summed E-state index contributed by atoms with van der Waals surface area (Å²) in [5, 5.41) is 5.84. The van der Waals surface area contributed by atoms with E-state index in [9.17, 15) is 9.59 Å².